The van der Waals surface area contributed by atoms with Gasteiger partial charge in [-0.3, -0.25) is 0 Å². The van der Waals surface area contributed by atoms with Crippen molar-refractivity contribution in [2.24, 2.45) is 0 Å². The number of amides is 2. The highest BCUT2D eigenvalue weighted by atomic mass is 16.2. The molecule has 4 nitrogen and oxygen atoms in total. The number of nitrogens with one attached hydrogen (secondary N) is 2. The highest BCUT2D eigenvalue weighted by molar-refractivity contribution is 6.00. The van der Waals surface area contributed by atoms with Crippen molar-refractivity contribution < 1.29 is 4.79 Å². The van der Waals surface area contributed by atoms with Crippen LogP contribution in [0.3, 0.4) is 0 Å². The first kappa shape index (κ1) is 13.0. The molecule has 0 unspecified atom stereocenters. The molecule has 0 saturated heterocycles. The van der Waals surface area contributed by atoms with Crippen molar-refractivity contribution in [1.82, 2.24) is 0 Å². The Balaban J connectivity index is 2.05. The molecule has 0 fully saturated rings. The van der Waals surface area contributed by atoms with Crippen LogP contribution >= 0.6 is 0 Å². The van der Waals surface area contributed by atoms with Crippen LogP contribution in [0.4, 0.5) is 21.9 Å². The van der Waals surface area contributed by atoms with E-state index in [1.165, 1.54) is 0 Å². The number of hydrogen-bond acceptors (Lipinski definition) is 2. The Morgan fingerprint density at radius 2 is 1.84 bits per heavy atom. The number of carbonyl (C=O) groups excluding carboxylic acids is 1. The molecule has 2 rings (SSSR count). The number of nitrogen functional groups attached to an aromatic ring is 1. The smallest absolute Gasteiger partial charge is 0.323 e. The second-order valence-electron chi connectivity index (χ2n) is 4.52. The molecule has 0 aliphatic heterocycles. The fraction of sp³-hybridized carbons (Fsp3) is 0.133. The third kappa shape index (κ3) is 3.48. The van der Waals surface area contributed by atoms with E-state index >= 15 is 0 Å². The van der Waals surface area contributed by atoms with Crippen LogP contribution in [0.25, 0.3) is 0 Å². The summed E-state index contributed by atoms with van der Waals surface area (Å²) >= 11 is 0. The molecular weight excluding hydrogens is 238 g/mol. The lowest BCUT2D eigenvalue weighted by Crippen LogP contribution is -2.20. The van der Waals surface area contributed by atoms with Crippen molar-refractivity contribution in [3.8, 4) is 0 Å². The molecule has 19 heavy (non-hydrogen) atoms. The maximum absolute atomic E-state index is 11.9. The number of nitrogens with two attached hydrogens (primary N) is 1. The maximum atomic E-state index is 11.9. The topological polar surface area (TPSA) is 67.2 Å². The Morgan fingerprint density at radius 3 is 2.53 bits per heavy atom. The number of urea groups is 1. The van der Waals surface area contributed by atoms with Crippen LogP contribution in [0, 0.1) is 13.8 Å². The minimum Gasteiger partial charge on any atom is -0.399 e. The Morgan fingerprint density at radius 1 is 1.05 bits per heavy atom. The van der Waals surface area contributed by atoms with E-state index in [-0.39, 0.29) is 6.03 Å². The second-order valence-corrected chi connectivity index (χ2v) is 4.52. The molecule has 0 spiro atoms. The molecule has 98 valence electrons. The Kier molecular flexibility index (Phi) is 3.71. The zero-order valence-electron chi connectivity index (χ0n) is 11.0. The zero-order chi connectivity index (χ0) is 13.8. The molecule has 0 atom stereocenters. The number of rotatable bonds is 2. The summed E-state index contributed by atoms with van der Waals surface area (Å²) in [5, 5.41) is 5.59. The van der Waals surface area contributed by atoms with Gasteiger partial charge < -0.3 is 16.4 Å². The first-order chi connectivity index (χ1) is 9.04. The fourth-order valence-electron chi connectivity index (χ4n) is 1.83. The van der Waals surface area contributed by atoms with E-state index in [1.807, 2.05) is 44.2 Å². The number of hydrogen-bond donors (Lipinski definition) is 3. The van der Waals surface area contributed by atoms with Gasteiger partial charge in [0.2, 0.25) is 0 Å². The molecule has 0 aromatic heterocycles. The number of anilines is 3. The Bertz CT molecular complexity index is 608. The molecule has 2 aromatic rings. The van der Waals surface area contributed by atoms with Crippen LogP contribution in [0.1, 0.15) is 11.1 Å². The van der Waals surface area contributed by atoms with Crippen molar-refractivity contribution in [3.63, 3.8) is 0 Å². The summed E-state index contributed by atoms with van der Waals surface area (Å²) in [6.07, 6.45) is 0. The average Bonchev–Trinajstić information content (AvgIpc) is 2.33. The molecule has 2 aromatic carbocycles. The van der Waals surface area contributed by atoms with Gasteiger partial charge in [-0.15, -0.1) is 0 Å². The van der Waals surface area contributed by atoms with Crippen molar-refractivity contribution >= 4 is 23.1 Å². The maximum Gasteiger partial charge on any atom is 0.323 e. The van der Waals surface area contributed by atoms with Crippen LogP contribution in [0.5, 0.6) is 0 Å². The first-order valence-corrected chi connectivity index (χ1v) is 6.05. The van der Waals surface area contributed by atoms with Gasteiger partial charge in [-0.1, -0.05) is 12.1 Å². The third-order valence-electron chi connectivity index (χ3n) is 2.77. The lowest BCUT2D eigenvalue weighted by Gasteiger charge is -2.10. The largest absolute Gasteiger partial charge is 0.399 e. The summed E-state index contributed by atoms with van der Waals surface area (Å²) in [7, 11) is 0. The molecule has 0 heterocycles. The van der Waals surface area contributed by atoms with Crippen LogP contribution < -0.4 is 16.4 Å². The highest BCUT2D eigenvalue weighted by Gasteiger charge is 2.05. The lowest BCUT2D eigenvalue weighted by molar-refractivity contribution is 0.262. The molecule has 4 N–H and O–H groups in total. The monoisotopic (exact) mass is 255 g/mol. The number of carbonyl (C=O) groups is 1. The van der Waals surface area contributed by atoms with Gasteiger partial charge in [-0.25, -0.2) is 4.79 Å². The van der Waals surface area contributed by atoms with Crippen LogP contribution in [-0.4, -0.2) is 6.03 Å². The first-order valence-electron chi connectivity index (χ1n) is 6.05. The zero-order valence-corrected chi connectivity index (χ0v) is 11.0. The van der Waals surface area contributed by atoms with Gasteiger partial charge in [0.1, 0.15) is 0 Å². The average molecular weight is 255 g/mol. The fourth-order valence-corrected chi connectivity index (χ4v) is 1.83. The van der Waals surface area contributed by atoms with E-state index in [0.717, 1.165) is 22.5 Å². The summed E-state index contributed by atoms with van der Waals surface area (Å²) in [6.45, 7) is 3.88. The predicted molar refractivity (Wildman–Crippen MR) is 79.4 cm³/mol. The van der Waals surface area contributed by atoms with Crippen molar-refractivity contribution in [2.75, 3.05) is 16.4 Å². The molecular formula is C15H17N3O. The van der Waals surface area contributed by atoms with E-state index in [9.17, 15) is 4.79 Å². The van der Waals surface area contributed by atoms with E-state index < -0.39 is 0 Å². The highest BCUT2D eigenvalue weighted by Crippen LogP contribution is 2.18. The van der Waals surface area contributed by atoms with Crippen molar-refractivity contribution in [3.05, 3.63) is 53.6 Å². The van der Waals surface area contributed by atoms with Gasteiger partial charge in [0.15, 0.2) is 0 Å². The summed E-state index contributed by atoms with van der Waals surface area (Å²) < 4.78 is 0. The van der Waals surface area contributed by atoms with E-state index in [2.05, 4.69) is 10.6 Å². The van der Waals surface area contributed by atoms with Gasteiger partial charge in [0, 0.05) is 17.1 Å². The van der Waals surface area contributed by atoms with Crippen molar-refractivity contribution in [2.45, 2.75) is 13.8 Å². The minimum absolute atomic E-state index is 0.265. The van der Waals surface area contributed by atoms with E-state index in [4.69, 9.17) is 5.73 Å². The molecule has 0 saturated carbocycles. The number of aryl methyl sites for hydroxylation is 2. The molecule has 4 heteroatoms. The number of benzene rings is 2. The molecule has 2 amide bonds. The summed E-state index contributed by atoms with van der Waals surface area (Å²) in [6, 6.07) is 12.8. The van der Waals surface area contributed by atoms with E-state index in [1.54, 1.807) is 12.1 Å². The minimum atomic E-state index is -0.265. The Labute approximate surface area is 112 Å². The van der Waals surface area contributed by atoms with E-state index in [0.29, 0.717) is 5.69 Å². The van der Waals surface area contributed by atoms with Crippen LogP contribution in [-0.2, 0) is 0 Å². The summed E-state index contributed by atoms with van der Waals surface area (Å²) in [4.78, 5) is 11.9. The Hall–Kier alpha value is -2.49. The van der Waals surface area contributed by atoms with Gasteiger partial charge in [-0.2, -0.15) is 0 Å². The van der Waals surface area contributed by atoms with Gasteiger partial charge in [0.05, 0.1) is 0 Å². The quantitative estimate of drug-likeness (QED) is 0.719. The molecule has 0 aliphatic carbocycles. The third-order valence-corrected chi connectivity index (χ3v) is 2.77. The van der Waals surface area contributed by atoms with Gasteiger partial charge >= 0.3 is 6.03 Å². The lowest BCUT2D eigenvalue weighted by atomic mass is 10.2. The van der Waals surface area contributed by atoms with Crippen LogP contribution in [0.15, 0.2) is 42.5 Å². The van der Waals surface area contributed by atoms with Crippen LogP contribution in [0.2, 0.25) is 0 Å². The summed E-state index contributed by atoms with van der Waals surface area (Å²) in [5.41, 5.74) is 9.90. The molecule has 0 bridgehead atoms. The molecule has 0 aliphatic rings. The molecule has 0 radical (unpaired) electrons. The standard InChI is InChI=1S/C15H17N3O/c1-10-4-3-5-13(8-10)17-15(19)18-14-7-6-12(16)9-11(14)2/h3-9H,16H2,1-2H3,(H2,17,18,19). The van der Waals surface area contributed by atoms with Gasteiger partial charge in [-0.05, 0) is 55.3 Å². The summed E-state index contributed by atoms with van der Waals surface area (Å²) in [5.74, 6) is 0. The predicted octanol–water partition coefficient (Wildman–Crippen LogP) is 3.53. The van der Waals surface area contributed by atoms with Crippen molar-refractivity contribution in [1.29, 1.82) is 0 Å². The SMILES string of the molecule is Cc1cccc(NC(=O)Nc2ccc(N)cc2C)c1. The normalized spacial score (nSPS) is 10.0. The van der Waals surface area contributed by atoms with Gasteiger partial charge in [0.25, 0.3) is 0 Å². The second kappa shape index (κ2) is 5.44.